The van der Waals surface area contributed by atoms with E-state index in [4.69, 9.17) is 19.3 Å². The molecule has 136 valence electrons. The molecule has 11 nitrogen and oxygen atoms in total. The van der Waals surface area contributed by atoms with Gasteiger partial charge in [0, 0.05) is 0 Å². The van der Waals surface area contributed by atoms with Crippen molar-refractivity contribution in [2.24, 2.45) is 0 Å². The Bertz CT molecular complexity index is 378. The summed E-state index contributed by atoms with van der Waals surface area (Å²) in [5, 5.41) is 76.5. The van der Waals surface area contributed by atoms with E-state index in [1.165, 1.54) is 0 Å². The minimum absolute atomic E-state index is 0.667. The summed E-state index contributed by atoms with van der Waals surface area (Å²) in [6, 6.07) is 0. The number of hydrogen-bond donors (Lipinski definition) is 8. The summed E-state index contributed by atoms with van der Waals surface area (Å²) >= 11 is 0. The second-order valence-electron chi connectivity index (χ2n) is 5.53. The Hall–Kier alpha value is -0.440. The monoisotopic (exact) mass is 342 g/mol. The van der Waals surface area contributed by atoms with Crippen LogP contribution in [-0.2, 0) is 14.2 Å². The average molecular weight is 342 g/mol. The van der Waals surface area contributed by atoms with Gasteiger partial charge in [0.1, 0.15) is 48.8 Å². The van der Waals surface area contributed by atoms with Gasteiger partial charge in [-0.15, -0.1) is 0 Å². The van der Waals surface area contributed by atoms with Crippen LogP contribution >= 0.6 is 0 Å². The van der Waals surface area contributed by atoms with Crippen molar-refractivity contribution in [1.29, 1.82) is 0 Å². The molecular weight excluding hydrogens is 320 g/mol. The molecule has 2 saturated heterocycles. The molecule has 0 aromatic heterocycles. The van der Waals surface area contributed by atoms with Gasteiger partial charge in [-0.2, -0.15) is 0 Å². The van der Waals surface area contributed by atoms with Gasteiger partial charge in [0.2, 0.25) is 0 Å². The van der Waals surface area contributed by atoms with Crippen molar-refractivity contribution in [1.82, 2.24) is 0 Å². The van der Waals surface area contributed by atoms with Crippen LogP contribution in [0.2, 0.25) is 0 Å². The molecule has 0 radical (unpaired) electrons. The smallest absolute Gasteiger partial charge is 0.187 e. The summed E-state index contributed by atoms with van der Waals surface area (Å²) < 4.78 is 15.3. The van der Waals surface area contributed by atoms with Crippen LogP contribution in [0, 0.1) is 0 Å². The maximum Gasteiger partial charge on any atom is 0.187 e. The second-order valence-corrected chi connectivity index (χ2v) is 5.53. The van der Waals surface area contributed by atoms with Crippen LogP contribution in [0.15, 0.2) is 0 Å². The lowest BCUT2D eigenvalue weighted by atomic mass is 9.97. The van der Waals surface area contributed by atoms with Gasteiger partial charge in [0.05, 0.1) is 13.2 Å². The van der Waals surface area contributed by atoms with E-state index in [-0.39, 0.29) is 0 Å². The first-order valence-corrected chi connectivity index (χ1v) is 7.08. The molecule has 10 atom stereocenters. The molecule has 0 amide bonds. The summed E-state index contributed by atoms with van der Waals surface area (Å²) in [7, 11) is 0. The molecule has 9 unspecified atom stereocenters. The first kappa shape index (κ1) is 18.9. The summed E-state index contributed by atoms with van der Waals surface area (Å²) in [4.78, 5) is 0. The summed E-state index contributed by atoms with van der Waals surface area (Å²) in [5.74, 6) is 0. The molecule has 2 fully saturated rings. The predicted octanol–water partition coefficient (Wildman–Crippen LogP) is -5.40. The third-order valence-corrected chi connectivity index (χ3v) is 3.98. The fraction of sp³-hybridized carbons (Fsp3) is 1.00. The molecule has 2 aliphatic heterocycles. The van der Waals surface area contributed by atoms with Crippen LogP contribution in [0.5, 0.6) is 0 Å². The number of ether oxygens (including phenoxy) is 3. The molecule has 0 aliphatic carbocycles. The van der Waals surface area contributed by atoms with Crippen LogP contribution in [0.3, 0.4) is 0 Å². The minimum atomic E-state index is -1.74. The topological polar surface area (TPSA) is 190 Å². The van der Waals surface area contributed by atoms with Crippen molar-refractivity contribution in [3.05, 3.63) is 0 Å². The highest BCUT2D eigenvalue weighted by Crippen LogP contribution is 2.28. The molecule has 2 rings (SSSR count). The third kappa shape index (κ3) is 3.65. The Labute approximate surface area is 130 Å². The van der Waals surface area contributed by atoms with Gasteiger partial charge in [-0.05, 0) is 0 Å². The highest BCUT2D eigenvalue weighted by molar-refractivity contribution is 4.93. The summed E-state index contributed by atoms with van der Waals surface area (Å²) in [6.07, 6.45) is -15.6. The second kappa shape index (κ2) is 7.63. The van der Waals surface area contributed by atoms with Crippen molar-refractivity contribution in [3.63, 3.8) is 0 Å². The Balaban J connectivity index is 2.11. The summed E-state index contributed by atoms with van der Waals surface area (Å²) in [5.41, 5.74) is 0. The Morgan fingerprint density at radius 3 is 1.83 bits per heavy atom. The van der Waals surface area contributed by atoms with E-state index >= 15 is 0 Å². The van der Waals surface area contributed by atoms with Crippen molar-refractivity contribution < 1.29 is 55.1 Å². The van der Waals surface area contributed by atoms with Crippen molar-refractivity contribution in [2.45, 2.75) is 61.4 Å². The van der Waals surface area contributed by atoms with Gasteiger partial charge in [0.15, 0.2) is 12.6 Å². The SMILES string of the molecule is OCC1OC(O[C@H]2C(CO)OC(O)C(O)C2O)C(O)C(O)C1O. The van der Waals surface area contributed by atoms with Crippen LogP contribution in [0.4, 0.5) is 0 Å². The van der Waals surface area contributed by atoms with Crippen LogP contribution < -0.4 is 0 Å². The highest BCUT2D eigenvalue weighted by atomic mass is 16.7. The lowest BCUT2D eigenvalue weighted by Gasteiger charge is -2.45. The van der Waals surface area contributed by atoms with Crippen LogP contribution in [0.1, 0.15) is 0 Å². The normalized spacial score (nSPS) is 51.7. The van der Waals surface area contributed by atoms with Crippen LogP contribution in [0.25, 0.3) is 0 Å². The van der Waals surface area contributed by atoms with Gasteiger partial charge in [-0.1, -0.05) is 0 Å². The zero-order valence-electron chi connectivity index (χ0n) is 12.0. The Kier molecular flexibility index (Phi) is 6.27. The first-order chi connectivity index (χ1) is 10.8. The van der Waals surface area contributed by atoms with E-state index in [1.807, 2.05) is 0 Å². The largest absolute Gasteiger partial charge is 0.394 e. The van der Waals surface area contributed by atoms with Crippen molar-refractivity contribution in [3.8, 4) is 0 Å². The zero-order chi connectivity index (χ0) is 17.3. The Morgan fingerprint density at radius 2 is 1.26 bits per heavy atom. The molecule has 0 aromatic carbocycles. The molecular formula is C12H22O11. The molecule has 2 aliphatic rings. The molecule has 23 heavy (non-hydrogen) atoms. The van der Waals surface area contributed by atoms with Crippen molar-refractivity contribution in [2.75, 3.05) is 13.2 Å². The number of hydrogen-bond acceptors (Lipinski definition) is 11. The number of aliphatic hydroxyl groups excluding tert-OH is 8. The van der Waals surface area contributed by atoms with Gasteiger partial charge in [0.25, 0.3) is 0 Å². The van der Waals surface area contributed by atoms with Gasteiger partial charge < -0.3 is 55.1 Å². The third-order valence-electron chi connectivity index (χ3n) is 3.98. The fourth-order valence-electron chi connectivity index (χ4n) is 2.57. The summed E-state index contributed by atoms with van der Waals surface area (Å²) in [6.45, 7) is -1.35. The maximum atomic E-state index is 9.94. The molecule has 0 saturated carbocycles. The maximum absolute atomic E-state index is 9.94. The highest BCUT2D eigenvalue weighted by Gasteiger charge is 2.50. The lowest BCUT2D eigenvalue weighted by Crippen LogP contribution is -2.64. The van der Waals surface area contributed by atoms with Gasteiger partial charge in [-0.3, -0.25) is 0 Å². The molecule has 0 aromatic rings. The fourth-order valence-corrected chi connectivity index (χ4v) is 2.57. The number of rotatable bonds is 4. The zero-order valence-corrected chi connectivity index (χ0v) is 12.0. The standard InChI is InChI=1S/C12H22O11/c13-1-3-5(15)6(16)9(19)12(22-3)23-10-4(2-14)21-11(20)8(18)7(10)17/h3-20H,1-2H2/t3?,4?,5?,6?,7?,8?,9?,10-,11?,12?/m0/s1. The van der Waals surface area contributed by atoms with Crippen molar-refractivity contribution >= 4 is 0 Å². The quantitative estimate of drug-likeness (QED) is 0.243. The van der Waals surface area contributed by atoms with E-state index in [0.29, 0.717) is 0 Å². The lowest BCUT2D eigenvalue weighted by molar-refractivity contribution is -0.355. The molecule has 11 heteroatoms. The number of aliphatic hydroxyl groups is 8. The minimum Gasteiger partial charge on any atom is -0.394 e. The van der Waals surface area contributed by atoms with Crippen LogP contribution in [-0.4, -0.2) is 115 Å². The predicted molar refractivity (Wildman–Crippen MR) is 68.6 cm³/mol. The first-order valence-electron chi connectivity index (χ1n) is 7.08. The Morgan fingerprint density at radius 1 is 0.652 bits per heavy atom. The van der Waals surface area contributed by atoms with E-state index in [0.717, 1.165) is 0 Å². The van der Waals surface area contributed by atoms with E-state index < -0.39 is 74.6 Å². The van der Waals surface area contributed by atoms with E-state index in [1.54, 1.807) is 0 Å². The van der Waals surface area contributed by atoms with Gasteiger partial charge >= 0.3 is 0 Å². The van der Waals surface area contributed by atoms with Gasteiger partial charge in [-0.25, -0.2) is 0 Å². The van der Waals surface area contributed by atoms with E-state index in [9.17, 15) is 35.7 Å². The molecule has 8 N–H and O–H groups in total. The average Bonchev–Trinajstić information content (AvgIpc) is 2.55. The van der Waals surface area contributed by atoms with E-state index in [2.05, 4.69) is 0 Å². The molecule has 0 spiro atoms. The molecule has 2 heterocycles. The molecule has 0 bridgehead atoms.